The van der Waals surface area contributed by atoms with Gasteiger partial charge in [-0.1, -0.05) is 0 Å². The van der Waals surface area contributed by atoms with Gasteiger partial charge in [-0.2, -0.15) is 0 Å². The number of nitrogens with two attached hydrogens (primary N) is 2. The molecular weight excluding hydrogens is 256 g/mol. The van der Waals surface area contributed by atoms with Crippen molar-refractivity contribution in [2.24, 2.45) is 5.73 Å². The minimum atomic E-state index is -0.573. The molecule has 0 aromatic carbocycles. The van der Waals surface area contributed by atoms with E-state index >= 15 is 0 Å². The maximum atomic E-state index is 11.3. The van der Waals surface area contributed by atoms with Crippen LogP contribution in [0.4, 0.5) is 11.5 Å². The Labute approximate surface area is 117 Å². The second kappa shape index (κ2) is 5.24. The third-order valence-electron chi connectivity index (χ3n) is 3.11. The summed E-state index contributed by atoms with van der Waals surface area (Å²) >= 11 is 0. The molecule has 0 fully saturated rings. The Balaban J connectivity index is 2.24. The molecule has 1 unspecified atom stereocenters. The third kappa shape index (κ3) is 2.74. The Morgan fingerprint density at radius 2 is 2.10 bits per heavy atom. The van der Waals surface area contributed by atoms with E-state index in [4.69, 9.17) is 15.9 Å². The quantitative estimate of drug-likeness (QED) is 0.791. The summed E-state index contributed by atoms with van der Waals surface area (Å²) in [6.07, 6.45) is 1.42. The monoisotopic (exact) mass is 274 g/mol. The van der Waals surface area contributed by atoms with E-state index in [0.29, 0.717) is 5.82 Å². The summed E-state index contributed by atoms with van der Waals surface area (Å²) in [6, 6.07) is 3.51. The van der Waals surface area contributed by atoms with E-state index in [1.54, 1.807) is 6.07 Å². The third-order valence-corrected chi connectivity index (χ3v) is 3.11. The van der Waals surface area contributed by atoms with Crippen LogP contribution in [0.2, 0.25) is 0 Å². The van der Waals surface area contributed by atoms with Crippen LogP contribution in [-0.4, -0.2) is 10.9 Å². The number of anilines is 2. The van der Waals surface area contributed by atoms with E-state index in [9.17, 15) is 4.79 Å². The summed E-state index contributed by atoms with van der Waals surface area (Å²) < 4.78 is 5.50. The molecule has 1 amide bonds. The van der Waals surface area contributed by atoms with Crippen LogP contribution in [-0.2, 0) is 0 Å². The first-order chi connectivity index (χ1) is 9.38. The number of nitrogens with one attached hydrogen (secondary N) is 1. The van der Waals surface area contributed by atoms with Crippen LogP contribution in [0.3, 0.4) is 0 Å². The molecule has 2 rings (SSSR count). The van der Waals surface area contributed by atoms with Gasteiger partial charge in [-0.25, -0.2) is 4.98 Å². The molecule has 0 saturated carbocycles. The van der Waals surface area contributed by atoms with E-state index < -0.39 is 5.91 Å². The van der Waals surface area contributed by atoms with Gasteiger partial charge >= 0.3 is 0 Å². The lowest BCUT2D eigenvalue weighted by molar-refractivity contribution is 0.100. The smallest absolute Gasteiger partial charge is 0.250 e. The van der Waals surface area contributed by atoms with Crippen molar-refractivity contribution in [2.45, 2.75) is 26.8 Å². The van der Waals surface area contributed by atoms with Gasteiger partial charge in [0, 0.05) is 5.56 Å². The minimum Gasteiger partial charge on any atom is -0.466 e. The number of hydrogen-bond donors (Lipinski definition) is 3. The van der Waals surface area contributed by atoms with Crippen molar-refractivity contribution in [1.29, 1.82) is 0 Å². The predicted molar refractivity (Wildman–Crippen MR) is 77.4 cm³/mol. The molecule has 2 aromatic rings. The SMILES string of the molecule is Cc1cc(C(C)Nc2cc(C(N)=O)c(N)cn2)c(C)o1. The molecule has 6 nitrogen and oxygen atoms in total. The summed E-state index contributed by atoms with van der Waals surface area (Å²) in [4.78, 5) is 15.4. The lowest BCUT2D eigenvalue weighted by Crippen LogP contribution is -2.15. The van der Waals surface area contributed by atoms with Crippen molar-refractivity contribution in [1.82, 2.24) is 4.98 Å². The van der Waals surface area contributed by atoms with Crippen molar-refractivity contribution in [2.75, 3.05) is 11.1 Å². The molecule has 2 heterocycles. The van der Waals surface area contributed by atoms with Crippen LogP contribution in [0.15, 0.2) is 22.7 Å². The normalized spacial score (nSPS) is 12.2. The first-order valence-electron chi connectivity index (χ1n) is 6.27. The molecule has 106 valence electrons. The number of nitrogen functional groups attached to an aromatic ring is 1. The van der Waals surface area contributed by atoms with Crippen molar-refractivity contribution in [3.05, 3.63) is 41.0 Å². The number of rotatable bonds is 4. The first-order valence-corrected chi connectivity index (χ1v) is 6.27. The zero-order valence-electron chi connectivity index (χ0n) is 11.7. The number of carbonyl (C=O) groups is 1. The predicted octanol–water partition coefficient (Wildman–Crippen LogP) is 2.15. The molecule has 6 heteroatoms. The second-order valence-electron chi connectivity index (χ2n) is 4.76. The summed E-state index contributed by atoms with van der Waals surface area (Å²) in [7, 11) is 0. The summed E-state index contributed by atoms with van der Waals surface area (Å²) in [6.45, 7) is 5.79. The number of hydrogen-bond acceptors (Lipinski definition) is 5. The summed E-state index contributed by atoms with van der Waals surface area (Å²) in [5.74, 6) is 1.68. The number of primary amides is 1. The number of nitrogens with zero attached hydrogens (tertiary/aromatic N) is 1. The Hall–Kier alpha value is -2.50. The zero-order valence-corrected chi connectivity index (χ0v) is 11.7. The topological polar surface area (TPSA) is 107 Å². The van der Waals surface area contributed by atoms with Crippen molar-refractivity contribution < 1.29 is 9.21 Å². The zero-order chi connectivity index (χ0) is 14.9. The van der Waals surface area contributed by atoms with Crippen LogP contribution in [0, 0.1) is 13.8 Å². The van der Waals surface area contributed by atoms with Gasteiger partial charge in [0.1, 0.15) is 17.3 Å². The van der Waals surface area contributed by atoms with E-state index in [-0.39, 0.29) is 17.3 Å². The number of furan rings is 1. The highest BCUT2D eigenvalue weighted by Gasteiger charge is 2.14. The lowest BCUT2D eigenvalue weighted by Gasteiger charge is -2.14. The summed E-state index contributed by atoms with van der Waals surface area (Å²) in [5.41, 5.74) is 12.5. The van der Waals surface area contributed by atoms with Gasteiger partial charge in [-0.05, 0) is 32.9 Å². The van der Waals surface area contributed by atoms with Crippen molar-refractivity contribution in [3.8, 4) is 0 Å². The maximum absolute atomic E-state index is 11.3. The number of carbonyl (C=O) groups excluding carboxylic acids is 1. The lowest BCUT2D eigenvalue weighted by atomic mass is 10.1. The first kappa shape index (κ1) is 13.9. The number of aryl methyl sites for hydroxylation is 2. The van der Waals surface area contributed by atoms with Gasteiger partial charge in [-0.3, -0.25) is 4.79 Å². The molecule has 0 saturated heterocycles. The van der Waals surface area contributed by atoms with Gasteiger partial charge < -0.3 is 21.2 Å². The van der Waals surface area contributed by atoms with Gasteiger partial charge in [0.2, 0.25) is 0 Å². The highest BCUT2D eigenvalue weighted by molar-refractivity contribution is 5.98. The molecule has 0 aliphatic heterocycles. The number of amides is 1. The highest BCUT2D eigenvalue weighted by Crippen LogP contribution is 2.25. The average molecular weight is 274 g/mol. The Morgan fingerprint density at radius 1 is 1.40 bits per heavy atom. The molecule has 20 heavy (non-hydrogen) atoms. The van der Waals surface area contributed by atoms with Crippen molar-refractivity contribution in [3.63, 3.8) is 0 Å². The largest absolute Gasteiger partial charge is 0.466 e. The molecule has 0 spiro atoms. The number of pyridine rings is 1. The molecule has 5 N–H and O–H groups in total. The van der Waals surface area contributed by atoms with E-state index in [2.05, 4.69) is 10.3 Å². The molecule has 0 aliphatic carbocycles. The minimum absolute atomic E-state index is 0.00991. The fourth-order valence-corrected chi connectivity index (χ4v) is 2.14. The fourth-order valence-electron chi connectivity index (χ4n) is 2.14. The highest BCUT2D eigenvalue weighted by atomic mass is 16.3. The van der Waals surface area contributed by atoms with E-state index in [1.165, 1.54) is 6.20 Å². The standard InChI is InChI=1S/C14H18N4O2/c1-7-4-10(9(3)20-7)8(2)18-13-5-11(14(16)19)12(15)6-17-13/h4-6,8H,15H2,1-3H3,(H2,16,19)(H,17,18). The van der Waals surface area contributed by atoms with Crippen LogP contribution >= 0.6 is 0 Å². The molecular formula is C14H18N4O2. The molecule has 0 bridgehead atoms. The second-order valence-corrected chi connectivity index (χ2v) is 4.76. The van der Waals surface area contributed by atoms with Crippen LogP contribution in [0.1, 0.15) is 40.4 Å². The van der Waals surface area contributed by atoms with E-state index in [0.717, 1.165) is 17.1 Å². The van der Waals surface area contributed by atoms with Crippen LogP contribution in [0.25, 0.3) is 0 Å². The van der Waals surface area contributed by atoms with Gasteiger partial charge in [-0.15, -0.1) is 0 Å². The van der Waals surface area contributed by atoms with Gasteiger partial charge in [0.05, 0.1) is 23.5 Å². The van der Waals surface area contributed by atoms with E-state index in [1.807, 2.05) is 26.8 Å². The Morgan fingerprint density at radius 3 is 2.65 bits per heavy atom. The average Bonchev–Trinajstić information content (AvgIpc) is 2.70. The maximum Gasteiger partial charge on any atom is 0.250 e. The van der Waals surface area contributed by atoms with Crippen molar-refractivity contribution >= 4 is 17.4 Å². The Bertz CT molecular complexity index is 649. The molecule has 1 atom stereocenters. The fraction of sp³-hybridized carbons (Fsp3) is 0.286. The molecule has 2 aromatic heterocycles. The Kier molecular flexibility index (Phi) is 3.65. The van der Waals surface area contributed by atoms with Gasteiger partial charge in [0.15, 0.2) is 0 Å². The molecule has 0 aliphatic rings. The van der Waals surface area contributed by atoms with Gasteiger partial charge in [0.25, 0.3) is 5.91 Å². The molecule has 0 radical (unpaired) electrons. The van der Waals surface area contributed by atoms with Crippen LogP contribution in [0.5, 0.6) is 0 Å². The number of aromatic nitrogens is 1. The van der Waals surface area contributed by atoms with Crippen LogP contribution < -0.4 is 16.8 Å². The summed E-state index contributed by atoms with van der Waals surface area (Å²) in [5, 5.41) is 3.20.